The van der Waals surface area contributed by atoms with E-state index in [4.69, 9.17) is 0 Å². The van der Waals surface area contributed by atoms with E-state index in [1.807, 2.05) is 6.07 Å². The molecule has 0 saturated carbocycles. The first-order valence-electron chi connectivity index (χ1n) is 17.9. The van der Waals surface area contributed by atoms with Crippen molar-refractivity contribution in [1.29, 1.82) is 5.26 Å². The van der Waals surface area contributed by atoms with Gasteiger partial charge in [0.05, 0.1) is 44.4 Å². The lowest BCUT2D eigenvalue weighted by Crippen LogP contribution is -1.98. The van der Waals surface area contributed by atoms with Crippen LogP contribution >= 0.6 is 0 Å². The molecule has 0 radical (unpaired) electrons. The Kier molecular flexibility index (Phi) is 6.28. The van der Waals surface area contributed by atoms with E-state index in [0.29, 0.717) is 5.56 Å². The second-order valence-electron chi connectivity index (χ2n) is 13.7. The first-order chi connectivity index (χ1) is 26.3. The number of para-hydroxylation sites is 5. The molecule has 3 heterocycles. The molecule has 3 aromatic heterocycles. The summed E-state index contributed by atoms with van der Waals surface area (Å²) in [6.45, 7) is 0. The van der Waals surface area contributed by atoms with Gasteiger partial charge in [0.25, 0.3) is 0 Å². The van der Waals surface area contributed by atoms with Crippen LogP contribution in [-0.4, -0.2) is 13.7 Å². The minimum atomic E-state index is 0.637. The Balaban J connectivity index is 1.07. The predicted molar refractivity (Wildman–Crippen MR) is 220 cm³/mol. The molecular formula is C49H30N4. The summed E-state index contributed by atoms with van der Waals surface area (Å²) in [5.41, 5.74) is 12.7. The summed E-state index contributed by atoms with van der Waals surface area (Å²) in [7, 11) is 0. The molecule has 0 aliphatic carbocycles. The molecule has 4 nitrogen and oxygen atoms in total. The number of aromatic nitrogens is 3. The van der Waals surface area contributed by atoms with Crippen molar-refractivity contribution in [1.82, 2.24) is 13.7 Å². The minimum absolute atomic E-state index is 0.637. The van der Waals surface area contributed by atoms with Crippen LogP contribution in [0.1, 0.15) is 5.56 Å². The summed E-state index contributed by atoms with van der Waals surface area (Å²) in [5.74, 6) is 0. The second kappa shape index (κ2) is 11.3. The maximum atomic E-state index is 10.4. The molecule has 0 aliphatic rings. The number of hydrogen-bond donors (Lipinski definition) is 0. The molecule has 11 aromatic rings. The molecule has 0 atom stereocenters. The minimum Gasteiger partial charge on any atom is -0.309 e. The quantitative estimate of drug-likeness (QED) is 0.183. The lowest BCUT2D eigenvalue weighted by molar-refractivity contribution is 1.17. The number of benzene rings is 8. The summed E-state index contributed by atoms with van der Waals surface area (Å²) in [6, 6.07) is 67.0. The van der Waals surface area contributed by atoms with Crippen LogP contribution in [-0.2, 0) is 0 Å². The van der Waals surface area contributed by atoms with E-state index >= 15 is 0 Å². The molecule has 0 unspecified atom stereocenters. The van der Waals surface area contributed by atoms with Crippen molar-refractivity contribution in [2.75, 3.05) is 0 Å². The van der Waals surface area contributed by atoms with Gasteiger partial charge in [-0.3, -0.25) is 0 Å². The van der Waals surface area contributed by atoms with Gasteiger partial charge in [0, 0.05) is 43.7 Å². The van der Waals surface area contributed by atoms with Crippen LogP contribution < -0.4 is 0 Å². The van der Waals surface area contributed by atoms with Crippen LogP contribution in [0.25, 0.3) is 93.6 Å². The van der Waals surface area contributed by atoms with Crippen molar-refractivity contribution in [2.45, 2.75) is 0 Å². The van der Waals surface area contributed by atoms with Crippen molar-refractivity contribution in [3.63, 3.8) is 0 Å². The summed E-state index contributed by atoms with van der Waals surface area (Å²) in [6.07, 6.45) is 0. The van der Waals surface area contributed by atoms with Gasteiger partial charge in [-0.25, -0.2) is 0 Å². The SMILES string of the molecule is N#Cc1cc(-c2ccc(-n3c4ccccc4c4c3ccc3c5ccccc5n(-c5ccccc5)c34)cc2)ccc1-n1c2ccccc2c2ccccc21. The van der Waals surface area contributed by atoms with Gasteiger partial charge in [0.15, 0.2) is 0 Å². The van der Waals surface area contributed by atoms with E-state index in [-0.39, 0.29) is 0 Å². The van der Waals surface area contributed by atoms with Crippen molar-refractivity contribution < 1.29 is 0 Å². The zero-order valence-corrected chi connectivity index (χ0v) is 28.6. The summed E-state index contributed by atoms with van der Waals surface area (Å²) in [4.78, 5) is 0. The van der Waals surface area contributed by atoms with Gasteiger partial charge in [-0.2, -0.15) is 5.26 Å². The molecule has 4 heteroatoms. The van der Waals surface area contributed by atoms with Crippen molar-refractivity contribution >= 4 is 65.4 Å². The summed E-state index contributed by atoms with van der Waals surface area (Å²) < 4.78 is 7.02. The highest BCUT2D eigenvalue weighted by molar-refractivity contribution is 6.26. The predicted octanol–water partition coefficient (Wildman–Crippen LogP) is 12.5. The average Bonchev–Trinajstić information content (AvgIpc) is 3.87. The second-order valence-corrected chi connectivity index (χ2v) is 13.7. The molecule has 53 heavy (non-hydrogen) atoms. The lowest BCUT2D eigenvalue weighted by Gasteiger charge is -2.13. The van der Waals surface area contributed by atoms with E-state index in [2.05, 4.69) is 196 Å². The fourth-order valence-corrected chi connectivity index (χ4v) is 8.62. The van der Waals surface area contributed by atoms with E-state index in [1.165, 1.54) is 43.4 Å². The molecular weight excluding hydrogens is 645 g/mol. The average molecular weight is 675 g/mol. The smallest absolute Gasteiger partial charge is 0.101 e. The van der Waals surface area contributed by atoms with Gasteiger partial charge in [0.1, 0.15) is 6.07 Å². The summed E-state index contributed by atoms with van der Waals surface area (Å²) in [5, 5.41) is 17.8. The molecule has 0 aliphatic heterocycles. The van der Waals surface area contributed by atoms with Crippen LogP contribution in [0, 0.1) is 11.3 Å². The highest BCUT2D eigenvalue weighted by Crippen LogP contribution is 2.42. The van der Waals surface area contributed by atoms with Crippen LogP contribution in [0.3, 0.4) is 0 Å². The molecule has 0 saturated heterocycles. The van der Waals surface area contributed by atoms with Crippen LogP contribution in [0.5, 0.6) is 0 Å². The maximum Gasteiger partial charge on any atom is 0.101 e. The van der Waals surface area contributed by atoms with Gasteiger partial charge < -0.3 is 13.7 Å². The fourth-order valence-electron chi connectivity index (χ4n) is 8.62. The number of nitrogens with zero attached hydrogens (tertiary/aromatic N) is 4. The molecule has 0 fully saturated rings. The molecule has 246 valence electrons. The zero-order chi connectivity index (χ0) is 35.0. The van der Waals surface area contributed by atoms with Gasteiger partial charge in [-0.1, -0.05) is 115 Å². The number of hydrogen-bond acceptors (Lipinski definition) is 1. The van der Waals surface area contributed by atoms with E-state index < -0.39 is 0 Å². The molecule has 0 N–H and O–H groups in total. The molecule has 8 aromatic carbocycles. The molecule has 0 amide bonds. The molecule has 0 bridgehead atoms. The zero-order valence-electron chi connectivity index (χ0n) is 28.6. The Morgan fingerprint density at radius 3 is 1.51 bits per heavy atom. The van der Waals surface area contributed by atoms with Crippen LogP contribution in [0.4, 0.5) is 0 Å². The van der Waals surface area contributed by atoms with Crippen molar-refractivity contribution in [3.05, 3.63) is 188 Å². The Hall–Kier alpha value is -7.35. The normalized spacial score (nSPS) is 11.8. The van der Waals surface area contributed by atoms with E-state index in [1.54, 1.807) is 0 Å². The highest BCUT2D eigenvalue weighted by Gasteiger charge is 2.21. The van der Waals surface area contributed by atoms with Crippen molar-refractivity contribution in [3.8, 4) is 34.3 Å². The highest BCUT2D eigenvalue weighted by atomic mass is 15.0. The Morgan fingerprint density at radius 1 is 0.358 bits per heavy atom. The third kappa shape index (κ3) is 4.22. The van der Waals surface area contributed by atoms with Gasteiger partial charge in [0.2, 0.25) is 0 Å². The standard InChI is InChI=1S/C49H30N4/c50-31-34-30-33(24-28-42(34)53-44-19-9-4-14-37(44)38-15-5-10-20-45(38)53)32-22-25-36(26-23-32)51-46-21-11-7-17-41(46)48-47(51)29-27-40-39-16-6-8-18-43(39)52(49(40)48)35-12-2-1-3-13-35/h1-30H. The fraction of sp³-hybridized carbons (Fsp3) is 0. The third-order valence-corrected chi connectivity index (χ3v) is 10.9. The van der Waals surface area contributed by atoms with Gasteiger partial charge in [-0.05, 0) is 77.9 Å². The van der Waals surface area contributed by atoms with E-state index in [0.717, 1.165) is 50.3 Å². The maximum absolute atomic E-state index is 10.4. The first kappa shape index (κ1) is 29.4. The van der Waals surface area contributed by atoms with Crippen LogP contribution in [0.15, 0.2) is 182 Å². The Bertz CT molecular complexity index is 3220. The largest absolute Gasteiger partial charge is 0.309 e. The number of fused-ring (bicyclic) bond motifs is 10. The number of rotatable bonds is 4. The monoisotopic (exact) mass is 674 g/mol. The topological polar surface area (TPSA) is 38.6 Å². The number of nitriles is 1. The Labute approximate surface area is 305 Å². The first-order valence-corrected chi connectivity index (χ1v) is 17.9. The molecule has 0 spiro atoms. The van der Waals surface area contributed by atoms with Crippen LogP contribution in [0.2, 0.25) is 0 Å². The lowest BCUT2D eigenvalue weighted by atomic mass is 10.0. The molecule has 11 rings (SSSR count). The van der Waals surface area contributed by atoms with Gasteiger partial charge in [-0.15, -0.1) is 0 Å². The van der Waals surface area contributed by atoms with E-state index in [9.17, 15) is 5.26 Å². The summed E-state index contributed by atoms with van der Waals surface area (Å²) >= 11 is 0. The Morgan fingerprint density at radius 2 is 0.868 bits per heavy atom. The third-order valence-electron chi connectivity index (χ3n) is 10.9. The van der Waals surface area contributed by atoms with Gasteiger partial charge >= 0.3 is 0 Å². The van der Waals surface area contributed by atoms with Crippen molar-refractivity contribution in [2.24, 2.45) is 0 Å².